The number of aromatic nitrogens is 1. The Balaban J connectivity index is 1.80. The number of ether oxygens (including phenoxy) is 1. The third-order valence-electron chi connectivity index (χ3n) is 3.24. The van der Waals surface area contributed by atoms with Crippen LogP contribution in [0.2, 0.25) is 5.02 Å². The predicted molar refractivity (Wildman–Crippen MR) is 71.7 cm³/mol. The van der Waals surface area contributed by atoms with Crippen LogP contribution in [0.15, 0.2) is 18.5 Å². The van der Waals surface area contributed by atoms with Crippen molar-refractivity contribution in [3.8, 4) is 5.75 Å². The number of piperidine rings is 1. The average molecular weight is 299 g/mol. The molecule has 0 bridgehead atoms. The molecule has 1 saturated heterocycles. The average Bonchev–Trinajstić information content (AvgIpc) is 2.45. The van der Waals surface area contributed by atoms with Gasteiger partial charge in [0.15, 0.2) is 6.61 Å². The molecule has 0 spiro atoms. The molecule has 1 amide bonds. The van der Waals surface area contributed by atoms with Gasteiger partial charge in [0.25, 0.3) is 5.91 Å². The molecule has 1 aromatic rings. The van der Waals surface area contributed by atoms with Crippen LogP contribution >= 0.6 is 11.6 Å². The molecule has 20 heavy (non-hydrogen) atoms. The Kier molecular flexibility index (Phi) is 4.79. The Morgan fingerprint density at radius 2 is 2.10 bits per heavy atom. The van der Waals surface area contributed by atoms with Crippen molar-refractivity contribution in [2.75, 3.05) is 19.7 Å². The number of hydrogen-bond acceptors (Lipinski definition) is 4. The summed E-state index contributed by atoms with van der Waals surface area (Å²) in [5, 5.41) is 9.34. The minimum atomic E-state index is -0.793. The number of amides is 1. The highest BCUT2D eigenvalue weighted by Gasteiger charge is 2.26. The molecule has 0 aromatic carbocycles. The van der Waals surface area contributed by atoms with Crippen molar-refractivity contribution < 1.29 is 19.4 Å². The fourth-order valence-corrected chi connectivity index (χ4v) is 2.25. The standard InChI is InChI=1S/C13H15ClN2O4/c14-10-5-11(7-15-6-10)20-8-12(17)16-3-1-9(2-4-16)13(18)19/h5-7,9H,1-4,8H2,(H,18,19). The number of halogens is 1. The first-order valence-electron chi connectivity index (χ1n) is 6.30. The Morgan fingerprint density at radius 1 is 1.40 bits per heavy atom. The molecular formula is C13H15ClN2O4. The van der Waals surface area contributed by atoms with Crippen LogP contribution in [0, 0.1) is 5.92 Å². The fraction of sp³-hybridized carbons (Fsp3) is 0.462. The summed E-state index contributed by atoms with van der Waals surface area (Å²) in [5.74, 6) is -0.865. The first kappa shape index (κ1) is 14.6. The molecule has 0 atom stereocenters. The molecule has 1 aromatic heterocycles. The lowest BCUT2D eigenvalue weighted by atomic mass is 9.97. The highest BCUT2D eigenvalue weighted by atomic mass is 35.5. The van der Waals surface area contributed by atoms with E-state index in [-0.39, 0.29) is 18.4 Å². The number of carboxylic acids is 1. The zero-order valence-electron chi connectivity index (χ0n) is 10.8. The molecule has 0 saturated carbocycles. The van der Waals surface area contributed by atoms with Crippen molar-refractivity contribution >= 4 is 23.5 Å². The Hall–Kier alpha value is -1.82. The maximum atomic E-state index is 11.9. The van der Waals surface area contributed by atoms with Crippen molar-refractivity contribution in [3.05, 3.63) is 23.5 Å². The van der Waals surface area contributed by atoms with E-state index >= 15 is 0 Å². The minimum Gasteiger partial charge on any atom is -0.482 e. The van der Waals surface area contributed by atoms with Gasteiger partial charge in [-0.15, -0.1) is 0 Å². The summed E-state index contributed by atoms with van der Waals surface area (Å²) < 4.78 is 5.32. The van der Waals surface area contributed by atoms with E-state index in [1.54, 1.807) is 11.0 Å². The summed E-state index contributed by atoms with van der Waals surface area (Å²) >= 11 is 5.76. The molecule has 6 nitrogen and oxygen atoms in total. The topological polar surface area (TPSA) is 79.7 Å². The van der Waals surface area contributed by atoms with Crippen LogP contribution in [-0.2, 0) is 9.59 Å². The molecule has 108 valence electrons. The number of pyridine rings is 1. The number of hydrogen-bond donors (Lipinski definition) is 1. The second-order valence-corrected chi connectivity index (χ2v) is 5.06. The van der Waals surface area contributed by atoms with Gasteiger partial charge in [-0.3, -0.25) is 14.6 Å². The SMILES string of the molecule is O=C(O)C1CCN(C(=O)COc2cncc(Cl)c2)CC1. The van der Waals surface area contributed by atoms with E-state index in [1.165, 1.54) is 12.4 Å². The maximum absolute atomic E-state index is 11.9. The molecule has 1 fully saturated rings. The number of carbonyl (C=O) groups is 2. The molecule has 0 unspecified atom stereocenters. The Bertz CT molecular complexity index is 501. The largest absolute Gasteiger partial charge is 0.482 e. The number of aliphatic carboxylic acids is 1. The van der Waals surface area contributed by atoms with Crippen molar-refractivity contribution in [1.29, 1.82) is 0 Å². The molecular weight excluding hydrogens is 284 g/mol. The van der Waals surface area contributed by atoms with Gasteiger partial charge in [-0.1, -0.05) is 11.6 Å². The predicted octanol–water partition coefficient (Wildman–Crippen LogP) is 1.44. The summed E-state index contributed by atoms with van der Waals surface area (Å²) in [6.45, 7) is 0.805. The lowest BCUT2D eigenvalue weighted by molar-refractivity contribution is -0.146. The van der Waals surface area contributed by atoms with Crippen molar-refractivity contribution in [3.63, 3.8) is 0 Å². The highest BCUT2D eigenvalue weighted by Crippen LogP contribution is 2.18. The zero-order chi connectivity index (χ0) is 14.5. The van der Waals surface area contributed by atoms with Crippen LogP contribution in [0.5, 0.6) is 5.75 Å². The van der Waals surface area contributed by atoms with Crippen LogP contribution in [0.3, 0.4) is 0 Å². The zero-order valence-corrected chi connectivity index (χ0v) is 11.5. The fourth-order valence-electron chi connectivity index (χ4n) is 2.08. The number of likely N-dealkylation sites (tertiary alicyclic amines) is 1. The number of nitrogens with zero attached hydrogens (tertiary/aromatic N) is 2. The summed E-state index contributed by atoms with van der Waals surface area (Å²) in [7, 11) is 0. The van der Waals surface area contributed by atoms with E-state index in [0.29, 0.717) is 36.7 Å². The molecule has 7 heteroatoms. The van der Waals surface area contributed by atoms with E-state index in [0.717, 1.165) is 0 Å². The van der Waals surface area contributed by atoms with E-state index in [1.807, 2.05) is 0 Å². The van der Waals surface area contributed by atoms with E-state index in [4.69, 9.17) is 21.4 Å². The van der Waals surface area contributed by atoms with Gasteiger partial charge in [0.2, 0.25) is 0 Å². The van der Waals surface area contributed by atoms with E-state index in [9.17, 15) is 9.59 Å². The second-order valence-electron chi connectivity index (χ2n) is 4.62. The monoisotopic (exact) mass is 298 g/mol. The summed E-state index contributed by atoms with van der Waals surface area (Å²) in [6, 6.07) is 1.58. The molecule has 1 N–H and O–H groups in total. The summed E-state index contributed by atoms with van der Waals surface area (Å²) in [4.78, 5) is 28.2. The van der Waals surface area contributed by atoms with Gasteiger partial charge in [-0.2, -0.15) is 0 Å². The van der Waals surface area contributed by atoms with Crippen LogP contribution < -0.4 is 4.74 Å². The summed E-state index contributed by atoms with van der Waals surface area (Å²) in [5.41, 5.74) is 0. The quantitative estimate of drug-likeness (QED) is 0.910. The van der Waals surface area contributed by atoms with Crippen LogP contribution in [0.1, 0.15) is 12.8 Å². The third kappa shape index (κ3) is 3.84. The molecule has 0 aliphatic carbocycles. The summed E-state index contributed by atoms with van der Waals surface area (Å²) in [6.07, 6.45) is 3.93. The first-order valence-corrected chi connectivity index (χ1v) is 6.68. The van der Waals surface area contributed by atoms with E-state index in [2.05, 4.69) is 4.98 Å². The first-order chi connectivity index (χ1) is 9.56. The van der Waals surface area contributed by atoms with Crippen molar-refractivity contribution in [2.45, 2.75) is 12.8 Å². The number of rotatable bonds is 4. The van der Waals surface area contributed by atoms with Gasteiger partial charge in [-0.25, -0.2) is 0 Å². The van der Waals surface area contributed by atoms with Gasteiger partial charge in [0.05, 0.1) is 17.1 Å². The number of carboxylic acid groups (broad SMARTS) is 1. The van der Waals surface area contributed by atoms with Crippen LogP contribution in [0.4, 0.5) is 0 Å². The van der Waals surface area contributed by atoms with Gasteiger partial charge in [0.1, 0.15) is 5.75 Å². The number of carbonyl (C=O) groups excluding carboxylic acids is 1. The molecule has 0 radical (unpaired) electrons. The smallest absolute Gasteiger partial charge is 0.306 e. The second kappa shape index (κ2) is 6.56. The minimum absolute atomic E-state index is 0.0975. The van der Waals surface area contributed by atoms with Crippen LogP contribution in [-0.4, -0.2) is 46.6 Å². The van der Waals surface area contributed by atoms with Gasteiger partial charge < -0.3 is 14.7 Å². The van der Waals surface area contributed by atoms with Gasteiger partial charge in [-0.05, 0) is 12.8 Å². The van der Waals surface area contributed by atoms with Crippen molar-refractivity contribution in [1.82, 2.24) is 9.88 Å². The Morgan fingerprint density at radius 3 is 2.70 bits per heavy atom. The Labute approximate surface area is 121 Å². The third-order valence-corrected chi connectivity index (χ3v) is 3.45. The van der Waals surface area contributed by atoms with E-state index < -0.39 is 5.97 Å². The molecule has 2 heterocycles. The molecule has 1 aliphatic heterocycles. The van der Waals surface area contributed by atoms with Gasteiger partial charge >= 0.3 is 5.97 Å². The van der Waals surface area contributed by atoms with Gasteiger partial charge in [0, 0.05) is 25.4 Å². The van der Waals surface area contributed by atoms with Crippen LogP contribution in [0.25, 0.3) is 0 Å². The lowest BCUT2D eigenvalue weighted by Crippen LogP contribution is -2.42. The maximum Gasteiger partial charge on any atom is 0.306 e. The normalized spacial score (nSPS) is 15.9. The van der Waals surface area contributed by atoms with Crippen molar-refractivity contribution in [2.24, 2.45) is 5.92 Å². The molecule has 1 aliphatic rings. The molecule has 2 rings (SSSR count). The lowest BCUT2D eigenvalue weighted by Gasteiger charge is -2.30. The highest BCUT2D eigenvalue weighted by molar-refractivity contribution is 6.30.